The van der Waals surface area contributed by atoms with Crippen LogP contribution in [-0.2, 0) is 4.74 Å². The fourth-order valence-corrected chi connectivity index (χ4v) is 1.12. The lowest BCUT2D eigenvalue weighted by molar-refractivity contribution is 0.0535. The first-order valence-corrected chi connectivity index (χ1v) is 5.69. The summed E-state index contributed by atoms with van der Waals surface area (Å²) in [4.78, 5) is 18.9. The monoisotopic (exact) mass is 267 g/mol. The normalized spacial score (nSPS) is 10.2. The molecule has 1 amide bonds. The van der Waals surface area contributed by atoms with Gasteiger partial charge < -0.3 is 10.1 Å². The molecule has 0 aliphatic heterocycles. The number of halogens is 1. The van der Waals surface area contributed by atoms with E-state index in [9.17, 15) is 4.79 Å². The second-order valence-corrected chi connectivity index (χ2v) is 4.71. The predicted octanol–water partition coefficient (Wildman–Crippen LogP) is 2.01. The molecule has 0 aliphatic rings. The van der Waals surface area contributed by atoms with E-state index in [0.29, 0.717) is 5.69 Å². The Bertz CT molecular complexity index is 486. The molecule has 96 valence electrons. The number of nitrogens with zero attached hydrogens (tertiary/aromatic N) is 2. The third kappa shape index (κ3) is 6.06. The first-order valence-electron chi connectivity index (χ1n) is 5.31. The number of amides is 1. The van der Waals surface area contributed by atoms with Gasteiger partial charge in [-0.3, -0.25) is 0 Å². The lowest BCUT2D eigenvalue weighted by Crippen LogP contribution is -2.32. The number of carbonyl (C=O) groups excluding carboxylic acids is 1. The molecular formula is C12H14ClN3O2. The van der Waals surface area contributed by atoms with Crippen molar-refractivity contribution in [1.82, 2.24) is 15.3 Å². The van der Waals surface area contributed by atoms with Crippen molar-refractivity contribution in [3.05, 3.63) is 23.2 Å². The van der Waals surface area contributed by atoms with Gasteiger partial charge in [0, 0.05) is 6.20 Å². The Morgan fingerprint density at radius 2 is 2.28 bits per heavy atom. The van der Waals surface area contributed by atoms with Gasteiger partial charge in [0.1, 0.15) is 11.3 Å². The topological polar surface area (TPSA) is 64.1 Å². The molecule has 0 aliphatic carbocycles. The summed E-state index contributed by atoms with van der Waals surface area (Å²) in [5, 5.41) is 2.65. The maximum atomic E-state index is 11.3. The number of rotatable bonds is 1. The van der Waals surface area contributed by atoms with E-state index in [2.05, 4.69) is 27.1 Å². The number of alkyl carbamates (subject to hydrolysis) is 1. The molecular weight excluding hydrogens is 254 g/mol. The molecule has 0 unspecified atom stereocenters. The van der Waals surface area contributed by atoms with Gasteiger partial charge in [-0.25, -0.2) is 14.8 Å². The average Bonchev–Trinajstić information content (AvgIpc) is 2.22. The van der Waals surface area contributed by atoms with Gasteiger partial charge in [-0.15, -0.1) is 0 Å². The van der Waals surface area contributed by atoms with E-state index in [1.165, 1.54) is 6.20 Å². The van der Waals surface area contributed by atoms with Crippen LogP contribution < -0.4 is 5.32 Å². The van der Waals surface area contributed by atoms with Gasteiger partial charge in [-0.1, -0.05) is 5.92 Å². The van der Waals surface area contributed by atoms with E-state index >= 15 is 0 Å². The van der Waals surface area contributed by atoms with Crippen LogP contribution in [0.2, 0.25) is 5.28 Å². The summed E-state index contributed by atoms with van der Waals surface area (Å²) >= 11 is 5.60. The standard InChI is InChI=1S/C12H14ClN3O2/c1-12(2,3)18-11(17)15-7-4-5-9-6-8-14-10(13)16-9/h6,8H,7H2,1-3H3,(H,15,17). The van der Waals surface area contributed by atoms with Gasteiger partial charge in [-0.05, 0) is 44.4 Å². The van der Waals surface area contributed by atoms with Gasteiger partial charge in [-0.2, -0.15) is 0 Å². The predicted molar refractivity (Wildman–Crippen MR) is 68.2 cm³/mol. The molecule has 1 heterocycles. The van der Waals surface area contributed by atoms with E-state index in [1.54, 1.807) is 26.8 Å². The highest BCUT2D eigenvalue weighted by Crippen LogP contribution is 2.06. The van der Waals surface area contributed by atoms with E-state index in [0.717, 1.165) is 0 Å². The summed E-state index contributed by atoms with van der Waals surface area (Å²) in [5.74, 6) is 5.48. The molecule has 0 spiro atoms. The van der Waals surface area contributed by atoms with Crippen molar-refractivity contribution in [2.24, 2.45) is 0 Å². The van der Waals surface area contributed by atoms with E-state index in [-0.39, 0.29) is 11.8 Å². The first-order chi connectivity index (χ1) is 8.37. The van der Waals surface area contributed by atoms with Gasteiger partial charge in [0.15, 0.2) is 0 Å². The van der Waals surface area contributed by atoms with Crippen LogP contribution in [0.15, 0.2) is 12.3 Å². The molecule has 1 aromatic rings. The van der Waals surface area contributed by atoms with E-state index in [1.807, 2.05) is 0 Å². The molecule has 0 aromatic carbocycles. The Morgan fingerprint density at radius 1 is 1.56 bits per heavy atom. The van der Waals surface area contributed by atoms with Crippen molar-refractivity contribution in [1.29, 1.82) is 0 Å². The summed E-state index contributed by atoms with van der Waals surface area (Å²) in [7, 11) is 0. The number of hydrogen-bond acceptors (Lipinski definition) is 4. The second-order valence-electron chi connectivity index (χ2n) is 4.37. The minimum absolute atomic E-state index is 0.141. The maximum Gasteiger partial charge on any atom is 0.408 e. The zero-order chi connectivity index (χ0) is 13.6. The fraction of sp³-hybridized carbons (Fsp3) is 0.417. The van der Waals surface area contributed by atoms with Gasteiger partial charge in [0.25, 0.3) is 0 Å². The molecule has 6 heteroatoms. The Balaban J connectivity index is 2.41. The molecule has 0 saturated carbocycles. The van der Waals surface area contributed by atoms with Gasteiger partial charge >= 0.3 is 6.09 Å². The lowest BCUT2D eigenvalue weighted by Gasteiger charge is -2.18. The van der Waals surface area contributed by atoms with Crippen molar-refractivity contribution >= 4 is 17.7 Å². The lowest BCUT2D eigenvalue weighted by atomic mass is 10.2. The summed E-state index contributed by atoms with van der Waals surface area (Å²) < 4.78 is 5.04. The van der Waals surface area contributed by atoms with Crippen molar-refractivity contribution in [2.45, 2.75) is 26.4 Å². The van der Waals surface area contributed by atoms with Crippen molar-refractivity contribution in [2.75, 3.05) is 6.54 Å². The van der Waals surface area contributed by atoms with Crippen LogP contribution >= 0.6 is 11.6 Å². The van der Waals surface area contributed by atoms with Gasteiger partial charge in [0.05, 0.1) is 6.54 Å². The Kier molecular flexibility index (Phi) is 4.93. The van der Waals surface area contributed by atoms with Crippen molar-refractivity contribution in [3.63, 3.8) is 0 Å². The number of nitrogens with one attached hydrogen (secondary N) is 1. The average molecular weight is 268 g/mol. The third-order valence-electron chi connectivity index (χ3n) is 1.56. The van der Waals surface area contributed by atoms with E-state index < -0.39 is 11.7 Å². The van der Waals surface area contributed by atoms with Crippen LogP contribution in [0.25, 0.3) is 0 Å². The minimum Gasteiger partial charge on any atom is -0.444 e. The highest BCUT2D eigenvalue weighted by Gasteiger charge is 2.14. The maximum absolute atomic E-state index is 11.3. The summed E-state index contributed by atoms with van der Waals surface area (Å²) in [6, 6.07) is 1.63. The Morgan fingerprint density at radius 3 is 2.89 bits per heavy atom. The molecule has 0 radical (unpaired) electrons. The summed E-state index contributed by atoms with van der Waals surface area (Å²) in [5.41, 5.74) is -0.0153. The molecule has 0 atom stereocenters. The summed E-state index contributed by atoms with van der Waals surface area (Å²) in [6.07, 6.45) is 1.01. The minimum atomic E-state index is -0.516. The Hall–Kier alpha value is -1.80. The molecule has 0 saturated heterocycles. The Labute approximate surface area is 111 Å². The molecule has 18 heavy (non-hydrogen) atoms. The smallest absolute Gasteiger partial charge is 0.408 e. The van der Waals surface area contributed by atoms with E-state index in [4.69, 9.17) is 16.3 Å². The molecule has 1 aromatic heterocycles. The van der Waals surface area contributed by atoms with Crippen LogP contribution in [0.5, 0.6) is 0 Å². The molecule has 1 N–H and O–H groups in total. The highest BCUT2D eigenvalue weighted by molar-refractivity contribution is 6.28. The second kappa shape index (κ2) is 6.22. The van der Waals surface area contributed by atoms with Crippen LogP contribution in [0.3, 0.4) is 0 Å². The zero-order valence-corrected chi connectivity index (χ0v) is 11.2. The van der Waals surface area contributed by atoms with Crippen LogP contribution in [0.1, 0.15) is 26.5 Å². The zero-order valence-electron chi connectivity index (χ0n) is 10.5. The third-order valence-corrected chi connectivity index (χ3v) is 1.74. The molecule has 1 rings (SSSR count). The molecule has 0 bridgehead atoms. The number of hydrogen-bond donors (Lipinski definition) is 1. The van der Waals surface area contributed by atoms with Crippen LogP contribution in [0, 0.1) is 11.8 Å². The quantitative estimate of drug-likeness (QED) is 0.624. The van der Waals surface area contributed by atoms with Gasteiger partial charge in [0.2, 0.25) is 5.28 Å². The summed E-state index contributed by atoms with van der Waals surface area (Å²) in [6.45, 7) is 5.56. The van der Waals surface area contributed by atoms with Crippen molar-refractivity contribution in [3.8, 4) is 11.8 Å². The number of aromatic nitrogens is 2. The number of carbonyl (C=O) groups is 1. The van der Waals surface area contributed by atoms with Crippen LogP contribution in [-0.4, -0.2) is 28.2 Å². The SMILES string of the molecule is CC(C)(C)OC(=O)NCC#Cc1ccnc(Cl)n1. The highest BCUT2D eigenvalue weighted by atomic mass is 35.5. The fourth-order valence-electron chi connectivity index (χ4n) is 0.970. The largest absolute Gasteiger partial charge is 0.444 e. The first kappa shape index (κ1) is 14.3. The van der Waals surface area contributed by atoms with Crippen LogP contribution in [0.4, 0.5) is 4.79 Å². The van der Waals surface area contributed by atoms with Crippen molar-refractivity contribution < 1.29 is 9.53 Å². The molecule has 5 nitrogen and oxygen atoms in total. The molecule has 0 fully saturated rings. The number of ether oxygens (including phenoxy) is 1.